The Bertz CT molecular complexity index is 1500. The van der Waals surface area contributed by atoms with Crippen molar-refractivity contribution in [1.29, 1.82) is 0 Å². The SMILES string of the molecule is C[C@@H]1CC[C@@]2(OC1)O[C@H]1C[C@H]3[C@@H]4CC[C@H]5C[C@@H](O[C@@H]6O[C@H](COC(=O)C(C)(C)C)[C@@H](O)[C@H](OC(=O)C(C)(C)C)[C@H]6O)CC[C@]5(C)C4=CC(=O)[C@]3(C)[C@H]1[C@@H]2C. The van der Waals surface area contributed by atoms with Crippen molar-refractivity contribution < 1.29 is 53.0 Å². The number of hydrogen-bond acceptors (Lipinski definition) is 11. The van der Waals surface area contributed by atoms with Crippen LogP contribution in [0.4, 0.5) is 0 Å². The Morgan fingerprint density at radius 3 is 2.28 bits per heavy atom. The van der Waals surface area contributed by atoms with Gasteiger partial charge in [-0.25, -0.2) is 0 Å². The third kappa shape index (κ3) is 6.62. The minimum Gasteiger partial charge on any atom is -0.462 e. The van der Waals surface area contributed by atoms with Crippen LogP contribution in [0.5, 0.6) is 0 Å². The molecule has 0 radical (unpaired) electrons. The Morgan fingerprint density at radius 2 is 1.63 bits per heavy atom. The normalized spacial score (nSPS) is 47.6. The molecule has 3 heterocycles. The molecular weight excluding hydrogens is 692 g/mol. The molecule has 0 bridgehead atoms. The number of carbonyl (C=O) groups is 3. The minimum atomic E-state index is -1.46. The Kier molecular flexibility index (Phi) is 10.4. The first kappa shape index (κ1) is 40.3. The molecule has 6 fully saturated rings. The number of fused-ring (bicyclic) bond motifs is 7. The van der Waals surface area contributed by atoms with E-state index in [1.165, 1.54) is 5.57 Å². The molecule has 3 saturated heterocycles. The standard InChI is InChI=1S/C43H66O11/c1-22-13-16-43(50-20-22)23(2)32-29(54-43)18-28-26-12-11-24-17-25(14-15-41(24,9)27(26)19-31(44)42(28,32)10)51-36-34(46)35(53-38(48)40(6,7)8)33(45)30(52-36)21-49-37(47)39(3,4)5/h19,22-26,28-30,32-36,45-46H,11-18,20-21H2,1-10H3/t22-,23+,24+,25+,26-,28+,29+,30-,32+,33-,34-,35+,36-,41+,42-,43-/m1/s1. The van der Waals surface area contributed by atoms with Crippen LogP contribution in [-0.2, 0) is 42.8 Å². The van der Waals surface area contributed by atoms with E-state index in [-0.39, 0.29) is 53.7 Å². The first-order chi connectivity index (χ1) is 25.1. The van der Waals surface area contributed by atoms with Gasteiger partial charge in [-0.15, -0.1) is 0 Å². The average molecular weight is 759 g/mol. The maximum atomic E-state index is 14.5. The molecule has 3 saturated carbocycles. The van der Waals surface area contributed by atoms with E-state index in [4.69, 9.17) is 28.4 Å². The number of allylic oxidation sites excluding steroid dienone is 2. The van der Waals surface area contributed by atoms with Gasteiger partial charge in [-0.05, 0) is 122 Å². The van der Waals surface area contributed by atoms with Crippen LogP contribution in [0.15, 0.2) is 11.6 Å². The summed E-state index contributed by atoms with van der Waals surface area (Å²) in [5, 5.41) is 22.7. The summed E-state index contributed by atoms with van der Waals surface area (Å²) < 4.78 is 37.2. The minimum absolute atomic E-state index is 0.0301. The van der Waals surface area contributed by atoms with Gasteiger partial charge in [0, 0.05) is 23.7 Å². The van der Waals surface area contributed by atoms with Crippen molar-refractivity contribution in [2.45, 2.75) is 169 Å². The summed E-state index contributed by atoms with van der Waals surface area (Å²) >= 11 is 0. The fraction of sp³-hybridized carbons (Fsp3) is 0.884. The Balaban J connectivity index is 1.06. The molecule has 16 atom stereocenters. The van der Waals surface area contributed by atoms with Crippen LogP contribution in [0.25, 0.3) is 0 Å². The first-order valence-electron chi connectivity index (χ1n) is 20.7. The zero-order chi connectivity index (χ0) is 39.3. The van der Waals surface area contributed by atoms with E-state index < -0.39 is 64.7 Å². The van der Waals surface area contributed by atoms with Gasteiger partial charge < -0.3 is 38.6 Å². The van der Waals surface area contributed by atoms with E-state index in [1.807, 2.05) is 6.08 Å². The van der Waals surface area contributed by atoms with Gasteiger partial charge in [-0.1, -0.05) is 33.3 Å². The van der Waals surface area contributed by atoms with E-state index in [0.29, 0.717) is 31.3 Å². The van der Waals surface area contributed by atoms with Gasteiger partial charge >= 0.3 is 11.9 Å². The number of ketones is 1. The molecule has 7 aliphatic rings. The second-order valence-corrected chi connectivity index (χ2v) is 20.6. The molecule has 0 aromatic carbocycles. The molecule has 0 unspecified atom stereocenters. The van der Waals surface area contributed by atoms with Crippen LogP contribution < -0.4 is 0 Å². The van der Waals surface area contributed by atoms with Crippen molar-refractivity contribution >= 4 is 17.7 Å². The molecule has 0 aromatic rings. The topological polar surface area (TPSA) is 147 Å². The van der Waals surface area contributed by atoms with E-state index in [0.717, 1.165) is 38.5 Å². The van der Waals surface area contributed by atoms with Crippen molar-refractivity contribution in [2.75, 3.05) is 13.2 Å². The summed E-state index contributed by atoms with van der Waals surface area (Å²) in [5.74, 6) is 0.275. The van der Waals surface area contributed by atoms with Crippen LogP contribution in [0.1, 0.15) is 121 Å². The number of rotatable bonds is 5. The zero-order valence-corrected chi connectivity index (χ0v) is 34.2. The maximum Gasteiger partial charge on any atom is 0.311 e. The number of carbonyl (C=O) groups excluding carboxylic acids is 3. The molecule has 0 aromatic heterocycles. The van der Waals surface area contributed by atoms with Gasteiger partial charge in [0.1, 0.15) is 24.9 Å². The largest absolute Gasteiger partial charge is 0.462 e. The predicted octanol–water partition coefficient (Wildman–Crippen LogP) is 5.91. The molecule has 3 aliphatic heterocycles. The lowest BCUT2D eigenvalue weighted by atomic mass is 9.48. The average Bonchev–Trinajstić information content (AvgIpc) is 3.54. The summed E-state index contributed by atoms with van der Waals surface area (Å²) in [5.41, 5.74) is -0.991. The number of aliphatic hydroxyl groups is 2. The molecule has 11 heteroatoms. The molecule has 54 heavy (non-hydrogen) atoms. The lowest BCUT2D eigenvalue weighted by Crippen LogP contribution is -2.62. The number of aliphatic hydroxyl groups excluding tert-OH is 2. The van der Waals surface area contributed by atoms with Gasteiger partial charge in [0.05, 0.1) is 29.6 Å². The second kappa shape index (κ2) is 13.9. The second-order valence-electron chi connectivity index (χ2n) is 20.6. The summed E-state index contributed by atoms with van der Waals surface area (Å²) in [4.78, 5) is 40.0. The van der Waals surface area contributed by atoms with E-state index in [2.05, 4.69) is 27.7 Å². The molecule has 4 aliphatic carbocycles. The molecular formula is C43H66O11. The monoisotopic (exact) mass is 758 g/mol. The quantitative estimate of drug-likeness (QED) is 0.255. The van der Waals surface area contributed by atoms with Crippen molar-refractivity contribution in [3.8, 4) is 0 Å². The van der Waals surface area contributed by atoms with Gasteiger partial charge in [0.2, 0.25) is 0 Å². The first-order valence-corrected chi connectivity index (χ1v) is 20.7. The highest BCUT2D eigenvalue weighted by molar-refractivity contribution is 5.97. The third-order valence-electron chi connectivity index (χ3n) is 15.0. The van der Waals surface area contributed by atoms with Crippen LogP contribution in [0.2, 0.25) is 0 Å². The maximum absolute atomic E-state index is 14.5. The molecule has 2 N–H and O–H groups in total. The summed E-state index contributed by atoms with van der Waals surface area (Å²) in [7, 11) is 0. The molecule has 0 amide bonds. The summed E-state index contributed by atoms with van der Waals surface area (Å²) in [6.45, 7) is 19.7. The fourth-order valence-electron chi connectivity index (χ4n) is 11.5. The van der Waals surface area contributed by atoms with E-state index >= 15 is 0 Å². The zero-order valence-electron chi connectivity index (χ0n) is 34.2. The molecule has 304 valence electrons. The van der Waals surface area contributed by atoms with E-state index in [1.54, 1.807) is 41.5 Å². The molecule has 1 spiro atoms. The fourth-order valence-corrected chi connectivity index (χ4v) is 11.5. The summed E-state index contributed by atoms with van der Waals surface area (Å²) in [6.07, 6.45) is 2.32. The number of hydrogen-bond donors (Lipinski definition) is 2. The highest BCUT2D eigenvalue weighted by Crippen LogP contribution is 2.69. The Hall–Kier alpha value is -1.89. The lowest BCUT2D eigenvalue weighted by Gasteiger charge is -2.57. The van der Waals surface area contributed by atoms with Crippen molar-refractivity contribution in [1.82, 2.24) is 0 Å². The predicted molar refractivity (Wildman–Crippen MR) is 197 cm³/mol. The molecule has 11 nitrogen and oxygen atoms in total. The highest BCUT2D eigenvalue weighted by Gasteiger charge is 2.70. The van der Waals surface area contributed by atoms with Crippen LogP contribution in [0.3, 0.4) is 0 Å². The van der Waals surface area contributed by atoms with Crippen LogP contribution >= 0.6 is 0 Å². The van der Waals surface area contributed by atoms with Crippen LogP contribution in [0, 0.1) is 57.2 Å². The van der Waals surface area contributed by atoms with Gasteiger partial charge in [-0.3, -0.25) is 14.4 Å². The van der Waals surface area contributed by atoms with E-state index in [9.17, 15) is 24.6 Å². The smallest absolute Gasteiger partial charge is 0.311 e. The van der Waals surface area contributed by atoms with Gasteiger partial charge in [0.25, 0.3) is 0 Å². The summed E-state index contributed by atoms with van der Waals surface area (Å²) in [6, 6.07) is 0. The Morgan fingerprint density at radius 1 is 0.926 bits per heavy atom. The molecule has 7 rings (SSSR count). The number of esters is 2. The van der Waals surface area contributed by atoms with Crippen molar-refractivity contribution in [3.63, 3.8) is 0 Å². The third-order valence-corrected chi connectivity index (χ3v) is 15.0. The van der Waals surface area contributed by atoms with Gasteiger partial charge in [-0.2, -0.15) is 0 Å². The highest BCUT2D eigenvalue weighted by atomic mass is 16.7. The van der Waals surface area contributed by atoms with Crippen molar-refractivity contribution in [3.05, 3.63) is 11.6 Å². The lowest BCUT2D eigenvalue weighted by molar-refractivity contribution is -0.318. The van der Waals surface area contributed by atoms with Crippen LogP contribution in [-0.4, -0.2) is 89.8 Å². The van der Waals surface area contributed by atoms with Crippen molar-refractivity contribution in [2.24, 2.45) is 57.2 Å². The Labute approximate surface area is 321 Å². The van der Waals surface area contributed by atoms with Gasteiger partial charge in [0.15, 0.2) is 24.0 Å². The number of ether oxygens (including phenoxy) is 6.